The molecule has 0 unspecified atom stereocenters. The number of ether oxygens (including phenoxy) is 1. The highest BCUT2D eigenvalue weighted by atomic mass is 16.5. The van der Waals surface area contributed by atoms with Crippen molar-refractivity contribution in [3.05, 3.63) is 108 Å². The van der Waals surface area contributed by atoms with Crippen molar-refractivity contribution >= 4 is 11.8 Å². The summed E-state index contributed by atoms with van der Waals surface area (Å²) in [4.78, 5) is 30.4. The van der Waals surface area contributed by atoms with Gasteiger partial charge in [0.1, 0.15) is 6.61 Å². The van der Waals surface area contributed by atoms with Crippen molar-refractivity contribution in [2.75, 3.05) is 26.2 Å². The van der Waals surface area contributed by atoms with Gasteiger partial charge in [0.15, 0.2) is 0 Å². The van der Waals surface area contributed by atoms with Crippen LogP contribution in [0.4, 0.5) is 0 Å². The highest BCUT2D eigenvalue weighted by molar-refractivity contribution is 5.87. The van der Waals surface area contributed by atoms with E-state index in [1.807, 2.05) is 88.7 Å². The minimum atomic E-state index is -0.396. The topological polar surface area (TPSA) is 49.9 Å². The zero-order valence-corrected chi connectivity index (χ0v) is 20.0. The average Bonchev–Trinajstić information content (AvgIpc) is 3.11. The number of carbonyl (C=O) groups is 2. The molecule has 5 nitrogen and oxygen atoms in total. The van der Waals surface area contributed by atoms with Gasteiger partial charge < -0.3 is 14.5 Å². The maximum absolute atomic E-state index is 13.9. The summed E-state index contributed by atoms with van der Waals surface area (Å²) in [6, 6.07) is 30.2. The fourth-order valence-corrected chi connectivity index (χ4v) is 5.38. The number of hydrogen-bond acceptors (Lipinski definition) is 3. The molecule has 35 heavy (non-hydrogen) atoms. The minimum Gasteiger partial charge on any atom is -0.363 e. The van der Waals surface area contributed by atoms with Crippen LogP contribution >= 0.6 is 0 Å². The molecule has 0 aliphatic carbocycles. The predicted molar refractivity (Wildman–Crippen MR) is 136 cm³/mol. The van der Waals surface area contributed by atoms with Gasteiger partial charge in [0.25, 0.3) is 0 Å². The van der Waals surface area contributed by atoms with Crippen LogP contribution in [0.2, 0.25) is 0 Å². The summed E-state index contributed by atoms with van der Waals surface area (Å²) in [5, 5.41) is 0. The first-order valence-corrected chi connectivity index (χ1v) is 12.5. The van der Waals surface area contributed by atoms with Crippen molar-refractivity contribution in [1.82, 2.24) is 9.80 Å². The molecule has 2 saturated heterocycles. The van der Waals surface area contributed by atoms with Crippen molar-refractivity contribution < 1.29 is 14.3 Å². The quantitative estimate of drug-likeness (QED) is 0.549. The SMILES string of the molecule is O=C1CO[C@]2(CCCN(C(=O)C(c3ccccc3)c3ccccc3)CC2)CN1Cc1ccccc1. The molecule has 0 aromatic heterocycles. The van der Waals surface area contributed by atoms with Gasteiger partial charge in [-0.2, -0.15) is 0 Å². The molecule has 1 spiro atoms. The zero-order valence-electron chi connectivity index (χ0n) is 20.0. The van der Waals surface area contributed by atoms with Gasteiger partial charge in [0.2, 0.25) is 11.8 Å². The Morgan fingerprint density at radius 3 is 2.06 bits per heavy atom. The maximum Gasteiger partial charge on any atom is 0.248 e. The second-order valence-corrected chi connectivity index (χ2v) is 9.64. The third-order valence-corrected chi connectivity index (χ3v) is 7.27. The fourth-order valence-electron chi connectivity index (χ4n) is 5.38. The number of hydrogen-bond donors (Lipinski definition) is 0. The Labute approximate surface area is 207 Å². The fraction of sp³-hybridized carbons (Fsp3) is 0.333. The number of carbonyl (C=O) groups excluding carboxylic acids is 2. The molecular weight excluding hydrogens is 436 g/mol. The molecule has 3 aromatic carbocycles. The molecule has 0 saturated carbocycles. The maximum atomic E-state index is 13.9. The normalized spacial score (nSPS) is 20.8. The average molecular weight is 469 g/mol. The Bertz CT molecular complexity index is 1100. The lowest BCUT2D eigenvalue weighted by Crippen LogP contribution is -2.54. The first-order chi connectivity index (χ1) is 17.1. The van der Waals surface area contributed by atoms with E-state index in [2.05, 4.69) is 12.1 Å². The van der Waals surface area contributed by atoms with E-state index in [-0.39, 0.29) is 24.3 Å². The Hall–Kier alpha value is -3.44. The van der Waals surface area contributed by atoms with Crippen molar-refractivity contribution in [2.45, 2.75) is 37.3 Å². The Kier molecular flexibility index (Phi) is 6.96. The van der Waals surface area contributed by atoms with E-state index >= 15 is 0 Å². The zero-order chi connectivity index (χ0) is 24.1. The highest BCUT2D eigenvalue weighted by Gasteiger charge is 2.42. The van der Waals surface area contributed by atoms with E-state index in [0.717, 1.165) is 36.0 Å². The van der Waals surface area contributed by atoms with E-state index < -0.39 is 5.60 Å². The molecule has 2 heterocycles. The Morgan fingerprint density at radius 2 is 1.43 bits per heavy atom. The molecule has 0 bridgehead atoms. The Balaban J connectivity index is 1.32. The van der Waals surface area contributed by atoms with Crippen LogP contribution in [-0.4, -0.2) is 53.5 Å². The van der Waals surface area contributed by atoms with Crippen LogP contribution in [0.5, 0.6) is 0 Å². The molecule has 0 radical (unpaired) electrons. The minimum absolute atomic E-state index is 0.0323. The summed E-state index contributed by atoms with van der Waals surface area (Å²) < 4.78 is 6.20. The lowest BCUT2D eigenvalue weighted by molar-refractivity contribution is -0.167. The van der Waals surface area contributed by atoms with Crippen LogP contribution in [0.15, 0.2) is 91.0 Å². The largest absolute Gasteiger partial charge is 0.363 e. The smallest absolute Gasteiger partial charge is 0.248 e. The first kappa shape index (κ1) is 23.3. The van der Waals surface area contributed by atoms with E-state index in [0.29, 0.717) is 26.2 Å². The summed E-state index contributed by atoms with van der Waals surface area (Å²) in [7, 11) is 0. The van der Waals surface area contributed by atoms with Crippen molar-refractivity contribution in [2.24, 2.45) is 0 Å². The molecule has 5 rings (SSSR count). The third kappa shape index (κ3) is 5.30. The van der Waals surface area contributed by atoms with E-state index in [1.165, 1.54) is 0 Å². The molecule has 5 heteroatoms. The second kappa shape index (κ2) is 10.4. The molecule has 2 aliphatic heterocycles. The van der Waals surface area contributed by atoms with Gasteiger partial charge in [-0.05, 0) is 36.0 Å². The summed E-state index contributed by atoms with van der Waals surface area (Å²) >= 11 is 0. The lowest BCUT2D eigenvalue weighted by Gasteiger charge is -2.42. The molecule has 0 N–H and O–H groups in total. The number of rotatable bonds is 5. The molecule has 2 amide bonds. The van der Waals surface area contributed by atoms with Crippen LogP contribution in [0.3, 0.4) is 0 Å². The molecule has 180 valence electrons. The molecule has 1 atom stereocenters. The third-order valence-electron chi connectivity index (χ3n) is 7.27. The van der Waals surface area contributed by atoms with Crippen LogP contribution in [-0.2, 0) is 20.9 Å². The number of benzene rings is 3. The standard InChI is InChI=1S/C30H32N2O3/c33-27-22-35-30(23-32(27)21-24-11-4-1-5-12-24)17-10-19-31(20-18-30)29(34)28(25-13-6-2-7-14-25)26-15-8-3-9-16-26/h1-9,11-16,28H,10,17-23H2/t30-/m0/s1. The number of morpholine rings is 1. The Morgan fingerprint density at radius 1 is 0.829 bits per heavy atom. The summed E-state index contributed by atoms with van der Waals surface area (Å²) in [6.45, 7) is 2.60. The van der Waals surface area contributed by atoms with Crippen LogP contribution in [0, 0.1) is 0 Å². The highest BCUT2D eigenvalue weighted by Crippen LogP contribution is 2.33. The van der Waals surface area contributed by atoms with Crippen LogP contribution in [0.1, 0.15) is 41.9 Å². The molecule has 3 aromatic rings. The monoisotopic (exact) mass is 468 g/mol. The lowest BCUT2D eigenvalue weighted by atomic mass is 9.90. The van der Waals surface area contributed by atoms with Crippen LogP contribution in [0.25, 0.3) is 0 Å². The second-order valence-electron chi connectivity index (χ2n) is 9.64. The van der Waals surface area contributed by atoms with E-state index in [4.69, 9.17) is 4.74 Å². The first-order valence-electron chi connectivity index (χ1n) is 12.5. The summed E-state index contributed by atoms with van der Waals surface area (Å²) in [5.74, 6) is -0.160. The number of amides is 2. The van der Waals surface area contributed by atoms with Crippen molar-refractivity contribution in [3.63, 3.8) is 0 Å². The van der Waals surface area contributed by atoms with Crippen molar-refractivity contribution in [3.8, 4) is 0 Å². The van der Waals surface area contributed by atoms with Crippen LogP contribution < -0.4 is 0 Å². The summed E-state index contributed by atoms with van der Waals surface area (Å²) in [5.41, 5.74) is 2.75. The van der Waals surface area contributed by atoms with Gasteiger partial charge in [0.05, 0.1) is 18.1 Å². The molecule has 2 fully saturated rings. The van der Waals surface area contributed by atoms with Gasteiger partial charge in [-0.3, -0.25) is 9.59 Å². The van der Waals surface area contributed by atoms with Gasteiger partial charge in [-0.15, -0.1) is 0 Å². The van der Waals surface area contributed by atoms with Crippen molar-refractivity contribution in [1.29, 1.82) is 0 Å². The van der Waals surface area contributed by atoms with Gasteiger partial charge in [-0.25, -0.2) is 0 Å². The molecular formula is C30H32N2O3. The summed E-state index contributed by atoms with van der Waals surface area (Å²) in [6.07, 6.45) is 2.43. The number of likely N-dealkylation sites (tertiary alicyclic amines) is 1. The number of nitrogens with zero attached hydrogens (tertiary/aromatic N) is 2. The van der Waals surface area contributed by atoms with Gasteiger partial charge >= 0.3 is 0 Å². The predicted octanol–water partition coefficient (Wildman–Crippen LogP) is 4.63. The van der Waals surface area contributed by atoms with Gasteiger partial charge in [0, 0.05) is 19.6 Å². The van der Waals surface area contributed by atoms with Gasteiger partial charge in [-0.1, -0.05) is 91.0 Å². The molecule has 2 aliphatic rings. The van der Waals surface area contributed by atoms with E-state index in [1.54, 1.807) is 0 Å². The van der Waals surface area contributed by atoms with E-state index in [9.17, 15) is 9.59 Å².